The highest BCUT2D eigenvalue weighted by atomic mass is 16.5. The summed E-state index contributed by atoms with van der Waals surface area (Å²) in [4.78, 5) is 2.48. The maximum absolute atomic E-state index is 5.94. The summed E-state index contributed by atoms with van der Waals surface area (Å²) in [6.45, 7) is 8.75. The largest absolute Gasteiger partial charge is 0.495 e. The summed E-state index contributed by atoms with van der Waals surface area (Å²) in [5.41, 5.74) is 10.6. The average molecular weight is 260 g/mol. The summed E-state index contributed by atoms with van der Waals surface area (Å²) in [5.74, 6) is 0.771. The van der Waals surface area contributed by atoms with Crippen LogP contribution in [0.3, 0.4) is 0 Å². The van der Waals surface area contributed by atoms with Crippen LogP contribution in [0.4, 0.5) is 5.69 Å². The van der Waals surface area contributed by atoms with Gasteiger partial charge < -0.3 is 10.5 Å². The van der Waals surface area contributed by atoms with Crippen molar-refractivity contribution >= 4 is 11.3 Å². The van der Waals surface area contributed by atoms with Crippen LogP contribution in [0.15, 0.2) is 18.2 Å². The Bertz CT molecular complexity index is 492. The van der Waals surface area contributed by atoms with Gasteiger partial charge in [-0.15, -0.1) is 0 Å². The highest BCUT2D eigenvalue weighted by Gasteiger charge is 2.17. The number of benzene rings is 1. The van der Waals surface area contributed by atoms with Gasteiger partial charge in [-0.05, 0) is 56.0 Å². The van der Waals surface area contributed by atoms with Crippen LogP contribution in [-0.2, 0) is 0 Å². The van der Waals surface area contributed by atoms with Crippen molar-refractivity contribution in [3.05, 3.63) is 29.3 Å². The third kappa shape index (κ3) is 2.92. The molecule has 0 amide bonds. The van der Waals surface area contributed by atoms with Crippen LogP contribution in [0.5, 0.6) is 5.75 Å². The summed E-state index contributed by atoms with van der Waals surface area (Å²) in [5, 5.41) is 0. The van der Waals surface area contributed by atoms with Crippen LogP contribution in [-0.4, -0.2) is 31.1 Å². The number of hydrogen-bond acceptors (Lipinski definition) is 3. The van der Waals surface area contributed by atoms with Crippen molar-refractivity contribution < 1.29 is 4.74 Å². The molecule has 0 atom stereocenters. The number of nitrogens with zero attached hydrogens (tertiary/aromatic N) is 1. The first-order valence-corrected chi connectivity index (χ1v) is 6.90. The zero-order valence-corrected chi connectivity index (χ0v) is 12.4. The molecule has 0 saturated carbocycles. The van der Waals surface area contributed by atoms with E-state index >= 15 is 0 Å². The lowest BCUT2D eigenvalue weighted by Crippen LogP contribution is -2.34. The number of methoxy groups -OCH3 is 1. The van der Waals surface area contributed by atoms with Gasteiger partial charge in [0, 0.05) is 19.1 Å². The Kier molecular flexibility index (Phi) is 4.15. The zero-order chi connectivity index (χ0) is 14.0. The molecular formula is C16H24N2O. The lowest BCUT2D eigenvalue weighted by atomic mass is 9.94. The van der Waals surface area contributed by atoms with E-state index in [2.05, 4.69) is 37.8 Å². The fraction of sp³-hybridized carbons (Fsp3) is 0.500. The predicted molar refractivity (Wildman–Crippen MR) is 81.4 cm³/mol. The van der Waals surface area contributed by atoms with E-state index in [0.29, 0.717) is 11.7 Å². The van der Waals surface area contributed by atoms with Gasteiger partial charge in [-0.1, -0.05) is 6.08 Å². The maximum Gasteiger partial charge on any atom is 0.142 e. The number of ether oxygens (including phenoxy) is 1. The van der Waals surface area contributed by atoms with Crippen molar-refractivity contribution in [2.75, 3.05) is 25.9 Å². The molecule has 1 aromatic carbocycles. The van der Waals surface area contributed by atoms with E-state index in [0.717, 1.165) is 25.3 Å². The molecule has 3 heteroatoms. The predicted octanol–water partition coefficient (Wildman–Crippen LogP) is 3.08. The minimum Gasteiger partial charge on any atom is -0.495 e. The molecule has 0 fully saturated rings. The lowest BCUT2D eigenvalue weighted by Gasteiger charge is -2.30. The highest BCUT2D eigenvalue weighted by Crippen LogP contribution is 2.32. The smallest absolute Gasteiger partial charge is 0.142 e. The molecule has 1 heterocycles. The van der Waals surface area contributed by atoms with E-state index in [1.807, 2.05) is 6.07 Å². The van der Waals surface area contributed by atoms with Gasteiger partial charge in [-0.2, -0.15) is 0 Å². The van der Waals surface area contributed by atoms with Gasteiger partial charge in [-0.3, -0.25) is 4.90 Å². The molecule has 0 bridgehead atoms. The SMILES string of the molecule is COc1cc(C2=CCN(C(C)C)CC2)c(C)cc1N. The van der Waals surface area contributed by atoms with Gasteiger partial charge in [-0.25, -0.2) is 0 Å². The molecule has 1 aromatic rings. The second-order valence-electron chi connectivity index (χ2n) is 5.48. The first kappa shape index (κ1) is 13.9. The summed E-state index contributed by atoms with van der Waals surface area (Å²) in [7, 11) is 1.67. The third-order valence-corrected chi connectivity index (χ3v) is 3.89. The first-order valence-electron chi connectivity index (χ1n) is 6.90. The number of hydrogen-bond donors (Lipinski definition) is 1. The van der Waals surface area contributed by atoms with Crippen LogP contribution in [0.2, 0.25) is 0 Å². The van der Waals surface area contributed by atoms with Crippen LogP contribution < -0.4 is 10.5 Å². The molecular weight excluding hydrogens is 236 g/mol. The van der Waals surface area contributed by atoms with E-state index in [1.165, 1.54) is 16.7 Å². The van der Waals surface area contributed by atoms with Crippen molar-refractivity contribution in [3.8, 4) is 5.75 Å². The van der Waals surface area contributed by atoms with Crippen molar-refractivity contribution in [2.24, 2.45) is 0 Å². The summed E-state index contributed by atoms with van der Waals surface area (Å²) >= 11 is 0. The van der Waals surface area contributed by atoms with Crippen LogP contribution in [0.25, 0.3) is 5.57 Å². The second kappa shape index (κ2) is 5.66. The molecule has 104 valence electrons. The Morgan fingerprint density at radius 2 is 2.05 bits per heavy atom. The number of nitrogens with two attached hydrogens (primary N) is 1. The summed E-state index contributed by atoms with van der Waals surface area (Å²) in [6, 6.07) is 4.69. The van der Waals surface area contributed by atoms with Crippen molar-refractivity contribution in [1.29, 1.82) is 0 Å². The Morgan fingerprint density at radius 3 is 2.58 bits per heavy atom. The molecule has 0 unspecified atom stereocenters. The van der Waals surface area contributed by atoms with Crippen molar-refractivity contribution in [1.82, 2.24) is 4.90 Å². The minimum atomic E-state index is 0.611. The normalized spacial score (nSPS) is 16.6. The Labute approximate surface area is 116 Å². The van der Waals surface area contributed by atoms with E-state index in [1.54, 1.807) is 7.11 Å². The van der Waals surface area contributed by atoms with Gasteiger partial charge in [0.15, 0.2) is 0 Å². The molecule has 3 nitrogen and oxygen atoms in total. The first-order chi connectivity index (χ1) is 9.02. The second-order valence-corrected chi connectivity index (χ2v) is 5.48. The third-order valence-electron chi connectivity index (χ3n) is 3.89. The molecule has 1 aliphatic heterocycles. The minimum absolute atomic E-state index is 0.611. The Morgan fingerprint density at radius 1 is 1.32 bits per heavy atom. The van der Waals surface area contributed by atoms with Crippen LogP contribution in [0, 0.1) is 6.92 Å². The standard InChI is InChI=1S/C16H24N2O/c1-11(2)18-7-5-13(6-8-18)14-10-16(19-4)15(17)9-12(14)3/h5,9-11H,6-8,17H2,1-4H3. The fourth-order valence-electron chi connectivity index (χ4n) is 2.63. The topological polar surface area (TPSA) is 38.5 Å². The number of anilines is 1. The quantitative estimate of drug-likeness (QED) is 0.849. The molecule has 0 radical (unpaired) electrons. The molecule has 1 aliphatic rings. The van der Waals surface area contributed by atoms with Gasteiger partial charge in [0.05, 0.1) is 12.8 Å². The average Bonchev–Trinajstić information content (AvgIpc) is 2.39. The summed E-state index contributed by atoms with van der Waals surface area (Å²) in [6.07, 6.45) is 3.42. The van der Waals surface area contributed by atoms with Gasteiger partial charge >= 0.3 is 0 Å². The van der Waals surface area contributed by atoms with Crippen LogP contribution in [0.1, 0.15) is 31.4 Å². The highest BCUT2D eigenvalue weighted by molar-refractivity contribution is 5.73. The van der Waals surface area contributed by atoms with Crippen molar-refractivity contribution in [3.63, 3.8) is 0 Å². The Balaban J connectivity index is 2.28. The van der Waals surface area contributed by atoms with Gasteiger partial charge in [0.25, 0.3) is 0 Å². The Hall–Kier alpha value is -1.48. The molecule has 19 heavy (non-hydrogen) atoms. The lowest BCUT2D eigenvalue weighted by molar-refractivity contribution is 0.245. The number of nitrogen functional groups attached to an aromatic ring is 1. The molecule has 2 N–H and O–H groups in total. The summed E-state index contributed by atoms with van der Waals surface area (Å²) < 4.78 is 5.33. The monoisotopic (exact) mass is 260 g/mol. The van der Waals surface area contributed by atoms with E-state index in [-0.39, 0.29) is 0 Å². The molecule has 0 spiro atoms. The van der Waals surface area contributed by atoms with E-state index in [9.17, 15) is 0 Å². The fourth-order valence-corrected chi connectivity index (χ4v) is 2.63. The maximum atomic E-state index is 5.94. The van der Waals surface area contributed by atoms with Crippen molar-refractivity contribution in [2.45, 2.75) is 33.2 Å². The molecule has 0 saturated heterocycles. The zero-order valence-electron chi connectivity index (χ0n) is 12.4. The molecule has 0 aliphatic carbocycles. The number of aryl methyl sites for hydroxylation is 1. The molecule has 0 aromatic heterocycles. The van der Waals surface area contributed by atoms with Gasteiger partial charge in [0.2, 0.25) is 0 Å². The van der Waals surface area contributed by atoms with Gasteiger partial charge in [0.1, 0.15) is 5.75 Å². The van der Waals surface area contributed by atoms with Crippen LogP contribution >= 0.6 is 0 Å². The van der Waals surface area contributed by atoms with E-state index in [4.69, 9.17) is 10.5 Å². The molecule has 2 rings (SSSR count). The van der Waals surface area contributed by atoms with E-state index < -0.39 is 0 Å². The number of rotatable bonds is 3.